The van der Waals surface area contributed by atoms with Gasteiger partial charge in [-0.2, -0.15) is 0 Å². The number of carboxylic acids is 1. The first-order chi connectivity index (χ1) is 22.0. The molecule has 0 spiro atoms. The number of nitrogens with zero attached hydrogens (tertiary/aromatic N) is 3. The van der Waals surface area contributed by atoms with Crippen molar-refractivity contribution < 1.29 is 14.7 Å². The van der Waals surface area contributed by atoms with Gasteiger partial charge in [-0.3, -0.25) is 19.4 Å². The second-order valence-electron chi connectivity index (χ2n) is 12.7. The van der Waals surface area contributed by atoms with Crippen molar-refractivity contribution in [2.24, 2.45) is 5.92 Å². The van der Waals surface area contributed by atoms with Crippen LogP contribution in [-0.2, 0) is 11.3 Å². The maximum atomic E-state index is 14.3. The van der Waals surface area contributed by atoms with E-state index in [1.807, 2.05) is 72.8 Å². The molecule has 0 bridgehead atoms. The molecule has 45 heavy (non-hydrogen) atoms. The minimum absolute atomic E-state index is 0.0235. The Morgan fingerprint density at radius 3 is 2.16 bits per heavy atom. The van der Waals surface area contributed by atoms with Crippen LogP contribution < -0.4 is 5.32 Å². The number of nitrogens with one attached hydrogen (secondary N) is 1. The third kappa shape index (κ3) is 7.26. The van der Waals surface area contributed by atoms with E-state index in [4.69, 9.17) is 4.98 Å². The maximum absolute atomic E-state index is 14.3. The predicted octanol–water partition coefficient (Wildman–Crippen LogP) is 6.59. The minimum Gasteiger partial charge on any atom is -0.481 e. The maximum Gasteiger partial charge on any atom is 0.312 e. The summed E-state index contributed by atoms with van der Waals surface area (Å²) in [4.78, 5) is 36.2. The number of carbonyl (C=O) groups excluding carboxylic acids is 1. The van der Waals surface area contributed by atoms with Crippen LogP contribution in [0, 0.1) is 5.92 Å². The number of hydrogen-bond acceptors (Lipinski definition) is 5. The van der Waals surface area contributed by atoms with Gasteiger partial charge in [-0.05, 0) is 37.3 Å². The van der Waals surface area contributed by atoms with Crippen molar-refractivity contribution in [3.05, 3.63) is 102 Å². The highest BCUT2D eigenvalue weighted by atomic mass is 16.4. The molecule has 2 heterocycles. The van der Waals surface area contributed by atoms with E-state index in [1.165, 1.54) is 19.3 Å². The van der Waals surface area contributed by atoms with Crippen molar-refractivity contribution in [1.29, 1.82) is 0 Å². The van der Waals surface area contributed by atoms with Crippen molar-refractivity contribution in [2.75, 3.05) is 32.7 Å². The van der Waals surface area contributed by atoms with Crippen molar-refractivity contribution >= 4 is 22.8 Å². The van der Waals surface area contributed by atoms with Crippen LogP contribution in [0.25, 0.3) is 22.2 Å². The molecule has 1 unspecified atom stereocenters. The lowest BCUT2D eigenvalue weighted by Crippen LogP contribution is -2.48. The van der Waals surface area contributed by atoms with Gasteiger partial charge in [0.1, 0.15) is 0 Å². The Balaban J connectivity index is 1.28. The molecule has 1 aromatic heterocycles. The van der Waals surface area contributed by atoms with Crippen LogP contribution in [0.3, 0.4) is 0 Å². The normalized spacial score (nSPS) is 18.0. The molecule has 1 saturated carbocycles. The lowest BCUT2D eigenvalue weighted by Gasteiger charge is -2.36. The number of amides is 1. The van der Waals surface area contributed by atoms with E-state index in [2.05, 4.69) is 34.2 Å². The highest BCUT2D eigenvalue weighted by molar-refractivity contribution is 6.09. The Kier molecular flexibility index (Phi) is 9.87. The SMILES string of the molecule is C[C@H](NC(=O)c1c(CN2CCN(CC(C(=O)O)c3ccccc3)CC2)c(-c2ccccc2)nc2ccccc12)C1CCCCC1. The second kappa shape index (κ2) is 14.4. The van der Waals surface area contributed by atoms with E-state index >= 15 is 0 Å². The van der Waals surface area contributed by atoms with Crippen LogP contribution >= 0.6 is 0 Å². The number of piperazine rings is 1. The van der Waals surface area contributed by atoms with Gasteiger partial charge in [0, 0.05) is 61.8 Å². The van der Waals surface area contributed by atoms with Gasteiger partial charge in [0.05, 0.1) is 22.7 Å². The average Bonchev–Trinajstić information content (AvgIpc) is 3.08. The summed E-state index contributed by atoms with van der Waals surface area (Å²) in [6, 6.07) is 27.8. The number of para-hydroxylation sites is 1. The lowest BCUT2D eigenvalue weighted by atomic mass is 9.84. The summed E-state index contributed by atoms with van der Waals surface area (Å²) in [6.07, 6.45) is 6.08. The number of hydrogen-bond donors (Lipinski definition) is 2. The fraction of sp³-hybridized carbons (Fsp3) is 0.395. The molecule has 2 aliphatic rings. The first-order valence-electron chi connectivity index (χ1n) is 16.5. The summed E-state index contributed by atoms with van der Waals surface area (Å²) < 4.78 is 0. The third-order valence-corrected chi connectivity index (χ3v) is 9.77. The molecule has 7 heteroatoms. The Hall–Kier alpha value is -4.07. The van der Waals surface area contributed by atoms with Crippen LogP contribution in [0.1, 0.15) is 66.4 Å². The quantitative estimate of drug-likeness (QED) is 0.213. The zero-order valence-electron chi connectivity index (χ0n) is 26.2. The zero-order chi connectivity index (χ0) is 31.2. The van der Waals surface area contributed by atoms with Crippen LogP contribution in [0.2, 0.25) is 0 Å². The molecule has 1 amide bonds. The number of fused-ring (bicyclic) bond motifs is 1. The lowest BCUT2D eigenvalue weighted by molar-refractivity contribution is -0.139. The Labute approximate surface area is 266 Å². The van der Waals surface area contributed by atoms with Crippen molar-refractivity contribution in [2.45, 2.75) is 57.5 Å². The van der Waals surface area contributed by atoms with Crippen molar-refractivity contribution in [1.82, 2.24) is 20.1 Å². The summed E-state index contributed by atoms with van der Waals surface area (Å²) in [7, 11) is 0. The molecular formula is C38H44N4O3. The fourth-order valence-corrected chi connectivity index (χ4v) is 7.15. The Bertz CT molecular complexity index is 1600. The van der Waals surface area contributed by atoms with Gasteiger partial charge in [-0.25, -0.2) is 4.98 Å². The van der Waals surface area contributed by atoms with Crippen LogP contribution in [0.15, 0.2) is 84.9 Å². The van der Waals surface area contributed by atoms with Gasteiger partial charge >= 0.3 is 5.97 Å². The van der Waals surface area contributed by atoms with Crippen LogP contribution in [0.4, 0.5) is 0 Å². The summed E-state index contributed by atoms with van der Waals surface area (Å²) in [5.74, 6) is -0.874. The van der Waals surface area contributed by atoms with Gasteiger partial charge < -0.3 is 10.4 Å². The summed E-state index contributed by atoms with van der Waals surface area (Å²) in [6.45, 7) is 6.32. The molecule has 2 N–H and O–H groups in total. The van der Waals surface area contributed by atoms with E-state index in [1.54, 1.807) is 0 Å². The molecule has 1 saturated heterocycles. The van der Waals surface area contributed by atoms with Crippen molar-refractivity contribution in [3.63, 3.8) is 0 Å². The second-order valence-corrected chi connectivity index (χ2v) is 12.7. The molecule has 7 nitrogen and oxygen atoms in total. The number of rotatable bonds is 10. The Morgan fingerprint density at radius 1 is 0.844 bits per heavy atom. The monoisotopic (exact) mass is 604 g/mol. The number of pyridine rings is 1. The van der Waals surface area contributed by atoms with E-state index < -0.39 is 11.9 Å². The van der Waals surface area contributed by atoms with E-state index in [0.29, 0.717) is 19.0 Å². The number of aliphatic carboxylic acids is 1. The molecule has 234 valence electrons. The van der Waals surface area contributed by atoms with Gasteiger partial charge in [-0.1, -0.05) is 98.1 Å². The largest absolute Gasteiger partial charge is 0.481 e. The predicted molar refractivity (Wildman–Crippen MR) is 179 cm³/mol. The van der Waals surface area contributed by atoms with Crippen LogP contribution in [0.5, 0.6) is 0 Å². The molecule has 1 aliphatic carbocycles. The molecule has 4 aromatic rings. The van der Waals surface area contributed by atoms with Gasteiger partial charge in [-0.15, -0.1) is 0 Å². The molecule has 2 atom stereocenters. The number of carboxylic acid groups (broad SMARTS) is 1. The fourth-order valence-electron chi connectivity index (χ4n) is 7.15. The standard InChI is InChI=1S/C38H44N4O3/c1-27(28-13-5-2-6-14-28)39-37(43)35-31-19-11-12-20-34(31)40-36(30-17-9-4-10-18-30)33(35)26-42-23-21-41(22-24-42)25-32(38(44)45)29-15-7-3-8-16-29/h3-4,7-12,15-20,27-28,32H,2,5-6,13-14,21-26H2,1H3,(H,39,43)(H,44,45)/t27-,32?/m0/s1. The molecular weight excluding hydrogens is 560 g/mol. The summed E-state index contributed by atoms with van der Waals surface area (Å²) in [5.41, 5.74) is 5.18. The first kappa shape index (κ1) is 30.9. The highest BCUT2D eigenvalue weighted by Crippen LogP contribution is 2.33. The Morgan fingerprint density at radius 2 is 1.47 bits per heavy atom. The molecule has 0 radical (unpaired) electrons. The average molecular weight is 605 g/mol. The van der Waals surface area contributed by atoms with Gasteiger partial charge in [0.25, 0.3) is 5.91 Å². The topological polar surface area (TPSA) is 85.8 Å². The number of carbonyl (C=O) groups is 2. The molecule has 6 rings (SSSR count). The summed E-state index contributed by atoms with van der Waals surface area (Å²) in [5, 5.41) is 14.3. The van der Waals surface area contributed by atoms with E-state index in [9.17, 15) is 14.7 Å². The molecule has 3 aromatic carbocycles. The first-order valence-corrected chi connectivity index (χ1v) is 16.5. The van der Waals surface area contributed by atoms with Gasteiger partial charge in [0.2, 0.25) is 0 Å². The third-order valence-electron chi connectivity index (χ3n) is 9.77. The number of aromatic nitrogens is 1. The zero-order valence-corrected chi connectivity index (χ0v) is 26.2. The van der Waals surface area contributed by atoms with E-state index in [-0.39, 0.29) is 11.9 Å². The highest BCUT2D eigenvalue weighted by Gasteiger charge is 2.29. The van der Waals surface area contributed by atoms with Crippen molar-refractivity contribution in [3.8, 4) is 11.3 Å². The number of benzene rings is 3. The van der Waals surface area contributed by atoms with Gasteiger partial charge in [0.15, 0.2) is 0 Å². The van der Waals surface area contributed by atoms with Crippen LogP contribution in [-0.4, -0.2) is 70.5 Å². The smallest absolute Gasteiger partial charge is 0.312 e. The molecule has 1 aliphatic heterocycles. The minimum atomic E-state index is -0.795. The van der Waals surface area contributed by atoms with E-state index in [0.717, 1.165) is 77.9 Å². The summed E-state index contributed by atoms with van der Waals surface area (Å²) >= 11 is 0. The molecule has 2 fully saturated rings.